The molecule has 12 nitrogen and oxygen atoms in total. The number of oxime groups is 1. The summed E-state index contributed by atoms with van der Waals surface area (Å²) in [4.78, 5) is 5.42. The minimum Gasteiger partial charge on any atom is -0.486 e. The zero-order valence-electron chi connectivity index (χ0n) is 16.6. The highest BCUT2D eigenvalue weighted by atomic mass is 32.2. The van der Waals surface area contributed by atoms with Gasteiger partial charge in [0.1, 0.15) is 19.8 Å². The standard InChI is InChI=1S/C14H19N3O3.2CH4O3S/c15-6-11-7-16-8-12(11)17-20-9-10-1-2-13-14(5-10)19-4-3-18-13;2*1-5(2,3)4/h1-2,5,11,16H,3-4,6-9,15H2;2*1H3,(H,2,3,4)/b17-12+;;. The molecule has 172 valence electrons. The number of fused-ring (bicyclic) bond motifs is 1. The first-order valence-corrected chi connectivity index (χ1v) is 12.4. The van der Waals surface area contributed by atoms with Crippen molar-refractivity contribution in [1.82, 2.24) is 5.32 Å². The Morgan fingerprint density at radius 2 is 1.70 bits per heavy atom. The number of benzene rings is 1. The first-order valence-electron chi connectivity index (χ1n) is 8.69. The first-order chi connectivity index (χ1) is 13.9. The maximum absolute atomic E-state index is 9.19. The van der Waals surface area contributed by atoms with E-state index in [-0.39, 0.29) is 5.92 Å². The van der Waals surface area contributed by atoms with Gasteiger partial charge in [0.2, 0.25) is 0 Å². The lowest BCUT2D eigenvalue weighted by molar-refractivity contribution is 0.128. The monoisotopic (exact) mass is 469 g/mol. The fourth-order valence-corrected chi connectivity index (χ4v) is 2.33. The van der Waals surface area contributed by atoms with Gasteiger partial charge in [-0.3, -0.25) is 9.11 Å². The van der Waals surface area contributed by atoms with Gasteiger partial charge in [-0.15, -0.1) is 0 Å². The molecule has 1 unspecified atom stereocenters. The van der Waals surface area contributed by atoms with Crippen LogP contribution in [-0.4, -0.2) is 77.0 Å². The molecule has 0 radical (unpaired) electrons. The summed E-state index contributed by atoms with van der Waals surface area (Å²) in [5, 5.41) is 7.42. The highest BCUT2D eigenvalue weighted by Crippen LogP contribution is 2.30. The molecule has 1 atom stereocenters. The van der Waals surface area contributed by atoms with Crippen molar-refractivity contribution < 1.29 is 40.3 Å². The molecule has 0 aliphatic carbocycles. The molecule has 2 aliphatic heterocycles. The van der Waals surface area contributed by atoms with E-state index in [4.69, 9.17) is 29.2 Å². The van der Waals surface area contributed by atoms with Crippen molar-refractivity contribution in [2.24, 2.45) is 16.8 Å². The second-order valence-electron chi connectivity index (χ2n) is 6.36. The predicted molar refractivity (Wildman–Crippen MR) is 110 cm³/mol. The zero-order valence-corrected chi connectivity index (χ0v) is 18.3. The lowest BCUT2D eigenvalue weighted by Gasteiger charge is -2.18. The highest BCUT2D eigenvalue weighted by Gasteiger charge is 2.21. The van der Waals surface area contributed by atoms with E-state index in [1.165, 1.54) is 0 Å². The summed E-state index contributed by atoms with van der Waals surface area (Å²) in [5.41, 5.74) is 7.68. The van der Waals surface area contributed by atoms with Gasteiger partial charge in [0.05, 0.1) is 18.2 Å². The SMILES string of the molecule is CS(=O)(=O)O.CS(=O)(=O)O.NCC1CNC/C1=N\OCc1ccc2c(c1)OCCO2. The Kier molecular flexibility index (Phi) is 10.4. The molecule has 1 fully saturated rings. The predicted octanol–water partition coefficient (Wildman–Crippen LogP) is -0.483. The Hall–Kier alpha value is -1.97. The number of rotatable bonds is 4. The summed E-state index contributed by atoms with van der Waals surface area (Å²) < 4.78 is 62.7. The Bertz CT molecular complexity index is 872. The van der Waals surface area contributed by atoms with Crippen LogP contribution in [-0.2, 0) is 31.7 Å². The number of nitrogens with zero attached hydrogens (tertiary/aromatic N) is 1. The normalized spacial score (nSPS) is 19.2. The molecule has 2 aliphatic rings. The second-order valence-corrected chi connectivity index (χ2v) is 9.30. The van der Waals surface area contributed by atoms with Crippen molar-refractivity contribution >= 4 is 25.9 Å². The van der Waals surface area contributed by atoms with Gasteiger partial charge in [0.25, 0.3) is 20.2 Å². The third kappa shape index (κ3) is 12.6. The van der Waals surface area contributed by atoms with Crippen molar-refractivity contribution in [3.05, 3.63) is 23.8 Å². The van der Waals surface area contributed by atoms with Crippen LogP contribution in [0, 0.1) is 5.92 Å². The van der Waals surface area contributed by atoms with E-state index in [0.717, 1.165) is 35.9 Å². The van der Waals surface area contributed by atoms with Crippen LogP contribution in [0.25, 0.3) is 0 Å². The average Bonchev–Trinajstić information content (AvgIpc) is 3.06. The van der Waals surface area contributed by atoms with E-state index in [0.29, 0.717) is 38.9 Å². The van der Waals surface area contributed by atoms with Crippen LogP contribution in [0.15, 0.2) is 23.4 Å². The van der Waals surface area contributed by atoms with Crippen molar-refractivity contribution in [2.75, 3.05) is 45.4 Å². The van der Waals surface area contributed by atoms with E-state index in [1.54, 1.807) is 0 Å². The molecule has 0 spiro atoms. The Balaban J connectivity index is 0.000000378. The van der Waals surface area contributed by atoms with E-state index in [2.05, 4.69) is 10.5 Å². The van der Waals surface area contributed by atoms with Gasteiger partial charge in [-0.25, -0.2) is 0 Å². The molecule has 3 rings (SSSR count). The van der Waals surface area contributed by atoms with Gasteiger partial charge < -0.3 is 25.4 Å². The molecule has 1 saturated heterocycles. The highest BCUT2D eigenvalue weighted by molar-refractivity contribution is 7.85. The van der Waals surface area contributed by atoms with Crippen LogP contribution in [0.4, 0.5) is 0 Å². The molecule has 30 heavy (non-hydrogen) atoms. The second kappa shape index (κ2) is 12.0. The van der Waals surface area contributed by atoms with Crippen molar-refractivity contribution in [3.63, 3.8) is 0 Å². The maximum atomic E-state index is 9.19. The molecule has 1 aromatic carbocycles. The quantitative estimate of drug-likeness (QED) is 0.329. The summed E-state index contributed by atoms with van der Waals surface area (Å²) in [6.07, 6.45) is 1.43. The maximum Gasteiger partial charge on any atom is 0.261 e. The third-order valence-electron chi connectivity index (χ3n) is 3.47. The van der Waals surface area contributed by atoms with Crippen LogP contribution >= 0.6 is 0 Å². The van der Waals surface area contributed by atoms with E-state index >= 15 is 0 Å². The first kappa shape index (κ1) is 26.1. The van der Waals surface area contributed by atoms with Crippen molar-refractivity contribution in [2.45, 2.75) is 6.61 Å². The van der Waals surface area contributed by atoms with Crippen molar-refractivity contribution in [1.29, 1.82) is 0 Å². The van der Waals surface area contributed by atoms with Gasteiger partial charge in [-0.2, -0.15) is 16.8 Å². The van der Waals surface area contributed by atoms with Crippen LogP contribution in [0.2, 0.25) is 0 Å². The smallest absolute Gasteiger partial charge is 0.261 e. The molecule has 0 bridgehead atoms. The molecule has 0 saturated carbocycles. The van der Waals surface area contributed by atoms with Crippen LogP contribution < -0.4 is 20.5 Å². The molecule has 14 heteroatoms. The van der Waals surface area contributed by atoms with Gasteiger partial charge in [-0.1, -0.05) is 11.2 Å². The van der Waals surface area contributed by atoms with Gasteiger partial charge in [-0.05, 0) is 17.7 Å². The Morgan fingerprint density at radius 1 is 1.13 bits per heavy atom. The summed E-state index contributed by atoms with van der Waals surface area (Å²) >= 11 is 0. The van der Waals surface area contributed by atoms with Crippen LogP contribution in [0.3, 0.4) is 0 Å². The van der Waals surface area contributed by atoms with Gasteiger partial charge in [0, 0.05) is 25.6 Å². The summed E-state index contributed by atoms with van der Waals surface area (Å²) in [6, 6.07) is 5.79. The minimum absolute atomic E-state index is 0.287. The molecule has 0 aromatic heterocycles. The number of hydrogen-bond acceptors (Lipinski definition) is 10. The van der Waals surface area contributed by atoms with E-state index < -0.39 is 20.2 Å². The Morgan fingerprint density at radius 3 is 2.27 bits per heavy atom. The molecular weight excluding hydrogens is 442 g/mol. The molecule has 5 N–H and O–H groups in total. The number of hydrogen-bond donors (Lipinski definition) is 4. The average molecular weight is 470 g/mol. The summed E-state index contributed by atoms with van der Waals surface area (Å²) in [7, 11) is -7.33. The molecule has 0 amide bonds. The van der Waals surface area contributed by atoms with E-state index in [9.17, 15) is 16.8 Å². The zero-order chi connectivity index (χ0) is 22.8. The van der Waals surface area contributed by atoms with Crippen molar-refractivity contribution in [3.8, 4) is 11.5 Å². The summed E-state index contributed by atoms with van der Waals surface area (Å²) in [6.45, 7) is 3.83. The third-order valence-corrected chi connectivity index (χ3v) is 3.47. The van der Waals surface area contributed by atoms with Gasteiger partial charge >= 0.3 is 0 Å². The molecule has 1 aromatic rings. The van der Waals surface area contributed by atoms with Gasteiger partial charge in [0.15, 0.2) is 11.5 Å². The molecule has 2 heterocycles. The summed E-state index contributed by atoms with van der Waals surface area (Å²) in [5.74, 6) is 1.84. The fraction of sp³-hybridized carbons (Fsp3) is 0.562. The number of nitrogens with two attached hydrogens (primary N) is 1. The van der Waals surface area contributed by atoms with Crippen LogP contribution in [0.1, 0.15) is 5.56 Å². The van der Waals surface area contributed by atoms with Crippen LogP contribution in [0.5, 0.6) is 11.5 Å². The number of nitrogens with one attached hydrogen (secondary N) is 1. The lowest BCUT2D eigenvalue weighted by atomic mass is 10.1. The largest absolute Gasteiger partial charge is 0.486 e. The Labute approximate surface area is 175 Å². The fourth-order valence-electron chi connectivity index (χ4n) is 2.33. The van der Waals surface area contributed by atoms with E-state index in [1.807, 2.05) is 18.2 Å². The molecular formula is C16H27N3O9S2. The number of ether oxygens (including phenoxy) is 2. The minimum atomic E-state index is -3.67. The lowest BCUT2D eigenvalue weighted by Crippen LogP contribution is -2.22. The topological polar surface area (TPSA) is 187 Å².